The van der Waals surface area contributed by atoms with Crippen molar-refractivity contribution in [1.82, 2.24) is 4.98 Å². The Morgan fingerprint density at radius 3 is 2.60 bits per heavy atom. The average Bonchev–Trinajstić information content (AvgIpc) is 1.90. The van der Waals surface area contributed by atoms with Crippen molar-refractivity contribution in [2.75, 3.05) is 0 Å². The van der Waals surface area contributed by atoms with Gasteiger partial charge in [-0.1, -0.05) is 0 Å². The van der Waals surface area contributed by atoms with Crippen LogP contribution >= 0.6 is 9.90 Å². The van der Waals surface area contributed by atoms with Gasteiger partial charge in [-0.3, -0.25) is 4.98 Å². The molecule has 0 aromatic carbocycles. The smallest absolute Gasteiger partial charge is 0.337 e. The topological polar surface area (TPSA) is 50.2 Å². The van der Waals surface area contributed by atoms with E-state index in [0.717, 1.165) is 0 Å². The van der Waals surface area contributed by atoms with Gasteiger partial charge in [-0.25, -0.2) is 4.79 Å². The number of aromatic carboxylic acids is 1. The second-order valence-corrected chi connectivity index (χ2v) is 1.55. The Morgan fingerprint density at radius 1 is 1.60 bits per heavy atom. The fraction of sp³-hybridized carbons (Fsp3) is 0. The van der Waals surface area contributed by atoms with Crippen LogP contribution in [0.1, 0.15) is 10.4 Å². The van der Waals surface area contributed by atoms with Gasteiger partial charge in [0.2, 0.25) is 0 Å². The van der Waals surface area contributed by atoms with Crippen LogP contribution in [0.5, 0.6) is 0 Å². The van der Waals surface area contributed by atoms with E-state index in [4.69, 9.17) is 5.11 Å². The van der Waals surface area contributed by atoms with E-state index < -0.39 is 5.97 Å². The predicted octanol–water partition coefficient (Wildman–Crippen LogP) is 1.64. The third kappa shape index (κ3) is 2.11. The first-order valence-electron chi connectivity index (χ1n) is 2.44. The highest BCUT2D eigenvalue weighted by atomic mass is 31.0. The van der Waals surface area contributed by atoms with Crippen LogP contribution in [0.2, 0.25) is 0 Å². The van der Waals surface area contributed by atoms with Gasteiger partial charge in [-0.15, -0.1) is 0 Å². The van der Waals surface area contributed by atoms with Gasteiger partial charge >= 0.3 is 5.97 Å². The lowest BCUT2D eigenvalue weighted by Gasteiger charge is -1.87. The van der Waals surface area contributed by atoms with Gasteiger partial charge in [-0.2, -0.15) is 0 Å². The van der Waals surface area contributed by atoms with Crippen LogP contribution in [0, 0.1) is 0 Å². The lowest BCUT2D eigenvalue weighted by Crippen LogP contribution is -1.94. The maximum Gasteiger partial charge on any atom is 0.337 e. The van der Waals surface area contributed by atoms with Gasteiger partial charge in [0.05, 0.1) is 5.56 Å². The summed E-state index contributed by atoms with van der Waals surface area (Å²) in [4.78, 5) is 13.8. The number of aromatic nitrogens is 1. The quantitative estimate of drug-likeness (QED) is 0.625. The number of carboxylic acid groups (broad SMARTS) is 1. The molecule has 1 N–H and O–H groups in total. The summed E-state index contributed by atoms with van der Waals surface area (Å²) in [5.41, 5.74) is 0.220. The molecule has 10 heavy (non-hydrogen) atoms. The SMILES string of the molecule is O=C(O)c1cccnc1.[P]. The summed E-state index contributed by atoms with van der Waals surface area (Å²) < 4.78 is 0. The number of hydrogen-bond acceptors (Lipinski definition) is 2. The predicted molar refractivity (Wildman–Crippen MR) is 38.1 cm³/mol. The Labute approximate surface area is 61.7 Å². The largest absolute Gasteiger partial charge is 0.478 e. The molecule has 0 saturated heterocycles. The number of pyridine rings is 1. The van der Waals surface area contributed by atoms with Crippen LogP contribution in [-0.4, -0.2) is 16.1 Å². The molecule has 1 aromatic rings. The minimum Gasteiger partial charge on any atom is -0.478 e. The molecule has 0 saturated carbocycles. The van der Waals surface area contributed by atoms with Gasteiger partial charge in [-0.05, 0) is 12.1 Å². The standard InChI is InChI=1S/C6H5NO2.P/c8-6(9)5-2-1-3-7-4-5;/h1-4H,(H,8,9);. The van der Waals surface area contributed by atoms with Crippen molar-refractivity contribution in [2.24, 2.45) is 0 Å². The molecule has 3 radical (unpaired) electrons. The Kier molecular flexibility index (Phi) is 3.59. The van der Waals surface area contributed by atoms with E-state index in [0.29, 0.717) is 0 Å². The maximum absolute atomic E-state index is 10.2. The number of hydrogen-bond donors (Lipinski definition) is 1. The van der Waals surface area contributed by atoms with Crippen LogP contribution in [0.3, 0.4) is 0 Å². The normalized spacial score (nSPS) is 8.00. The van der Waals surface area contributed by atoms with Gasteiger partial charge in [0.1, 0.15) is 0 Å². The summed E-state index contributed by atoms with van der Waals surface area (Å²) in [5.74, 6) is -0.942. The van der Waals surface area contributed by atoms with Gasteiger partial charge < -0.3 is 5.11 Å². The summed E-state index contributed by atoms with van der Waals surface area (Å²) in [5, 5.41) is 8.34. The number of rotatable bonds is 1. The van der Waals surface area contributed by atoms with Crippen LogP contribution in [0.15, 0.2) is 24.5 Å². The third-order valence-corrected chi connectivity index (χ3v) is 0.908. The number of carboxylic acids is 1. The van der Waals surface area contributed by atoms with Gasteiger partial charge in [0, 0.05) is 22.3 Å². The summed E-state index contributed by atoms with van der Waals surface area (Å²) in [7, 11) is 0. The summed E-state index contributed by atoms with van der Waals surface area (Å²) in [6.07, 6.45) is 2.84. The molecule has 0 fully saturated rings. The lowest BCUT2D eigenvalue weighted by molar-refractivity contribution is 0.0696. The van der Waals surface area contributed by atoms with E-state index in [2.05, 4.69) is 4.98 Å². The molecule has 1 rings (SSSR count). The molecular weight excluding hydrogens is 149 g/mol. The number of carbonyl (C=O) groups is 1. The van der Waals surface area contributed by atoms with E-state index in [1.165, 1.54) is 18.5 Å². The highest BCUT2D eigenvalue weighted by Gasteiger charge is 1.97. The van der Waals surface area contributed by atoms with E-state index in [-0.39, 0.29) is 15.5 Å². The van der Waals surface area contributed by atoms with Crippen LogP contribution in [-0.2, 0) is 0 Å². The van der Waals surface area contributed by atoms with E-state index in [1.807, 2.05) is 0 Å². The molecule has 51 valence electrons. The van der Waals surface area contributed by atoms with Crippen LogP contribution < -0.4 is 0 Å². The lowest BCUT2D eigenvalue weighted by atomic mass is 10.3. The van der Waals surface area contributed by atoms with Crippen molar-refractivity contribution in [3.8, 4) is 0 Å². The zero-order chi connectivity index (χ0) is 6.69. The van der Waals surface area contributed by atoms with Crippen molar-refractivity contribution in [3.05, 3.63) is 30.1 Å². The first-order chi connectivity index (χ1) is 4.30. The highest BCUT2D eigenvalue weighted by molar-refractivity contribution is 6.92. The Hall–Kier alpha value is -0.950. The summed E-state index contributed by atoms with van der Waals surface area (Å²) >= 11 is 0. The Balaban J connectivity index is 0.000000810. The zero-order valence-electron chi connectivity index (χ0n) is 5.06. The van der Waals surface area contributed by atoms with Crippen molar-refractivity contribution < 1.29 is 9.90 Å². The first kappa shape index (κ1) is 9.05. The van der Waals surface area contributed by atoms with Gasteiger partial charge in [0.25, 0.3) is 0 Å². The molecule has 3 nitrogen and oxygen atoms in total. The van der Waals surface area contributed by atoms with E-state index in [1.54, 1.807) is 6.07 Å². The molecule has 0 aliphatic carbocycles. The summed E-state index contributed by atoms with van der Waals surface area (Å²) in [6.45, 7) is 0. The zero-order valence-corrected chi connectivity index (χ0v) is 5.95. The second kappa shape index (κ2) is 3.96. The molecule has 0 aliphatic rings. The fourth-order valence-electron chi connectivity index (χ4n) is 0.489. The van der Waals surface area contributed by atoms with E-state index in [9.17, 15) is 4.79 Å². The van der Waals surface area contributed by atoms with Crippen molar-refractivity contribution in [3.63, 3.8) is 0 Å². The Bertz CT molecular complexity index is 212. The van der Waals surface area contributed by atoms with Crippen molar-refractivity contribution >= 4 is 15.9 Å². The summed E-state index contributed by atoms with van der Waals surface area (Å²) in [6, 6.07) is 3.08. The maximum atomic E-state index is 10.2. The van der Waals surface area contributed by atoms with Gasteiger partial charge in [0.15, 0.2) is 0 Å². The molecule has 0 bridgehead atoms. The molecule has 0 aliphatic heterocycles. The molecule has 0 spiro atoms. The fourth-order valence-corrected chi connectivity index (χ4v) is 0.489. The highest BCUT2D eigenvalue weighted by Crippen LogP contribution is 1.92. The Morgan fingerprint density at radius 2 is 2.30 bits per heavy atom. The van der Waals surface area contributed by atoms with Crippen molar-refractivity contribution in [1.29, 1.82) is 0 Å². The molecule has 4 heteroatoms. The molecule has 1 heterocycles. The third-order valence-electron chi connectivity index (χ3n) is 0.908. The molecule has 1 aromatic heterocycles. The van der Waals surface area contributed by atoms with Crippen LogP contribution in [0.4, 0.5) is 0 Å². The first-order valence-corrected chi connectivity index (χ1v) is 2.44. The molecule has 0 atom stereocenters. The van der Waals surface area contributed by atoms with Crippen molar-refractivity contribution in [2.45, 2.75) is 0 Å². The molecule has 0 amide bonds. The second-order valence-electron chi connectivity index (χ2n) is 1.55. The minimum absolute atomic E-state index is 0. The average molecular weight is 154 g/mol. The van der Waals surface area contributed by atoms with Crippen LogP contribution in [0.25, 0.3) is 0 Å². The van der Waals surface area contributed by atoms with E-state index >= 15 is 0 Å². The number of nitrogens with zero attached hydrogens (tertiary/aromatic N) is 1. The monoisotopic (exact) mass is 154 g/mol. The molecule has 0 unspecified atom stereocenters. The minimum atomic E-state index is -0.942. The molecular formula is C6H5NO2P.